The number of benzene rings is 1. The molecule has 0 radical (unpaired) electrons. The number of hydrogen-bond acceptors (Lipinski definition) is 5. The largest absolute Gasteiger partial charge is 0.388 e. The summed E-state index contributed by atoms with van der Waals surface area (Å²) >= 11 is 0. The summed E-state index contributed by atoms with van der Waals surface area (Å²) in [5.74, 6) is 0.280. The molecule has 0 fully saturated rings. The maximum Gasteiger partial charge on any atom is 0.251 e. The highest BCUT2D eigenvalue weighted by molar-refractivity contribution is 5.94. The molecule has 0 aliphatic rings. The number of anilines is 1. The van der Waals surface area contributed by atoms with Crippen LogP contribution in [-0.4, -0.2) is 33.6 Å². The highest BCUT2D eigenvalue weighted by Gasteiger charge is 2.06. The molecule has 0 atom stereocenters. The molecule has 0 saturated carbocycles. The van der Waals surface area contributed by atoms with E-state index in [0.29, 0.717) is 11.4 Å². The summed E-state index contributed by atoms with van der Waals surface area (Å²) in [5.41, 5.74) is 1.55. The van der Waals surface area contributed by atoms with Crippen molar-refractivity contribution in [3.63, 3.8) is 0 Å². The number of nitrogens with one attached hydrogen (secondary N) is 3. The lowest BCUT2D eigenvalue weighted by atomic mass is 10.2. The highest BCUT2D eigenvalue weighted by atomic mass is 16.1. The van der Waals surface area contributed by atoms with Crippen molar-refractivity contribution in [2.24, 2.45) is 0 Å². The van der Waals surface area contributed by atoms with Gasteiger partial charge in [0.05, 0.1) is 6.54 Å². The van der Waals surface area contributed by atoms with Crippen molar-refractivity contribution < 1.29 is 4.79 Å². The zero-order valence-corrected chi connectivity index (χ0v) is 9.27. The van der Waals surface area contributed by atoms with Crippen LogP contribution >= 0.6 is 0 Å². The molecule has 0 unspecified atom stereocenters. The second-order valence-electron chi connectivity index (χ2n) is 3.34. The quantitative estimate of drug-likeness (QED) is 0.698. The molecule has 1 heterocycles. The third-order valence-corrected chi connectivity index (χ3v) is 2.23. The van der Waals surface area contributed by atoms with E-state index in [1.54, 1.807) is 12.1 Å². The van der Waals surface area contributed by atoms with Gasteiger partial charge in [-0.2, -0.15) is 5.21 Å². The van der Waals surface area contributed by atoms with Crippen molar-refractivity contribution in [3.05, 3.63) is 35.7 Å². The molecule has 7 nitrogen and oxygen atoms in total. The summed E-state index contributed by atoms with van der Waals surface area (Å²) in [6, 6.07) is 7.17. The van der Waals surface area contributed by atoms with Gasteiger partial charge in [0.2, 0.25) is 0 Å². The molecule has 0 bridgehead atoms. The molecule has 3 N–H and O–H groups in total. The van der Waals surface area contributed by atoms with Crippen molar-refractivity contribution in [1.82, 2.24) is 25.9 Å². The molecule has 2 rings (SSSR count). The molecular weight excluding hydrogens is 220 g/mol. The second-order valence-corrected chi connectivity index (χ2v) is 3.34. The Morgan fingerprint density at radius 2 is 2.12 bits per heavy atom. The number of H-pyrrole nitrogens is 1. The van der Waals surface area contributed by atoms with E-state index in [4.69, 9.17) is 0 Å². The Morgan fingerprint density at radius 3 is 2.71 bits per heavy atom. The van der Waals surface area contributed by atoms with Crippen molar-refractivity contribution in [2.45, 2.75) is 6.54 Å². The Bertz CT molecular complexity index is 478. The number of tetrazole rings is 1. The average Bonchev–Trinajstić information content (AvgIpc) is 2.89. The van der Waals surface area contributed by atoms with Gasteiger partial charge in [0, 0.05) is 18.3 Å². The zero-order valence-electron chi connectivity index (χ0n) is 9.27. The Hall–Kier alpha value is -2.44. The molecule has 0 saturated heterocycles. The molecule has 1 amide bonds. The first-order valence-corrected chi connectivity index (χ1v) is 5.08. The fraction of sp³-hybridized carbons (Fsp3) is 0.200. The van der Waals surface area contributed by atoms with Crippen LogP contribution in [0.25, 0.3) is 0 Å². The van der Waals surface area contributed by atoms with Crippen LogP contribution in [0.4, 0.5) is 5.69 Å². The van der Waals surface area contributed by atoms with Gasteiger partial charge < -0.3 is 10.6 Å². The number of rotatable bonds is 4. The van der Waals surface area contributed by atoms with Crippen LogP contribution in [0.3, 0.4) is 0 Å². The van der Waals surface area contributed by atoms with Crippen molar-refractivity contribution >= 4 is 11.6 Å². The molecule has 2 aromatic rings. The summed E-state index contributed by atoms with van der Waals surface area (Å²) in [6.07, 6.45) is 0. The van der Waals surface area contributed by atoms with Crippen LogP contribution in [-0.2, 0) is 6.54 Å². The molecule has 17 heavy (non-hydrogen) atoms. The Balaban J connectivity index is 1.95. The molecule has 0 aliphatic carbocycles. The molecule has 0 aliphatic heterocycles. The van der Waals surface area contributed by atoms with Gasteiger partial charge in [0.15, 0.2) is 5.82 Å². The van der Waals surface area contributed by atoms with Gasteiger partial charge in [-0.1, -0.05) is 5.21 Å². The van der Waals surface area contributed by atoms with Gasteiger partial charge in [-0.05, 0) is 24.3 Å². The van der Waals surface area contributed by atoms with E-state index in [1.807, 2.05) is 19.2 Å². The third-order valence-electron chi connectivity index (χ3n) is 2.23. The van der Waals surface area contributed by atoms with E-state index in [1.165, 1.54) is 0 Å². The third kappa shape index (κ3) is 2.77. The summed E-state index contributed by atoms with van der Waals surface area (Å²) in [4.78, 5) is 11.7. The fourth-order valence-electron chi connectivity index (χ4n) is 1.31. The van der Waals surface area contributed by atoms with Gasteiger partial charge in [-0.25, -0.2) is 0 Å². The lowest BCUT2D eigenvalue weighted by Crippen LogP contribution is -2.23. The Kier molecular flexibility index (Phi) is 3.29. The second kappa shape index (κ2) is 5.06. The minimum Gasteiger partial charge on any atom is -0.388 e. The van der Waals surface area contributed by atoms with Crippen LogP contribution in [0.2, 0.25) is 0 Å². The van der Waals surface area contributed by atoms with E-state index in [9.17, 15) is 4.79 Å². The molecule has 0 spiro atoms. The maximum absolute atomic E-state index is 11.7. The standard InChI is InChI=1S/C10H12N6O/c1-11-8-4-2-7(3-5-8)10(17)12-6-9-13-15-16-14-9/h2-5,11H,6H2,1H3,(H,12,17)(H,13,14,15,16). The lowest BCUT2D eigenvalue weighted by molar-refractivity contribution is 0.0950. The topological polar surface area (TPSA) is 95.6 Å². The number of aromatic nitrogens is 4. The minimum absolute atomic E-state index is 0.169. The predicted octanol–water partition coefficient (Wildman–Crippen LogP) is 0.171. The minimum atomic E-state index is -0.169. The lowest BCUT2D eigenvalue weighted by Gasteiger charge is -2.04. The number of carbonyl (C=O) groups is 1. The van der Waals surface area contributed by atoms with Crippen molar-refractivity contribution in [1.29, 1.82) is 0 Å². The number of amides is 1. The van der Waals surface area contributed by atoms with Crippen LogP contribution in [0.1, 0.15) is 16.2 Å². The normalized spacial score (nSPS) is 9.94. The van der Waals surface area contributed by atoms with Gasteiger partial charge in [-0.15, -0.1) is 10.2 Å². The van der Waals surface area contributed by atoms with Crippen molar-refractivity contribution in [2.75, 3.05) is 12.4 Å². The molecular formula is C10H12N6O. The number of aromatic amines is 1. The maximum atomic E-state index is 11.7. The van der Waals surface area contributed by atoms with E-state index in [-0.39, 0.29) is 12.5 Å². The number of hydrogen-bond donors (Lipinski definition) is 3. The first-order chi connectivity index (χ1) is 8.29. The predicted molar refractivity (Wildman–Crippen MR) is 61.3 cm³/mol. The number of carbonyl (C=O) groups excluding carboxylic acids is 1. The molecule has 1 aromatic heterocycles. The first-order valence-electron chi connectivity index (χ1n) is 5.08. The van der Waals surface area contributed by atoms with Gasteiger partial charge in [0.1, 0.15) is 0 Å². The van der Waals surface area contributed by atoms with Crippen LogP contribution < -0.4 is 10.6 Å². The highest BCUT2D eigenvalue weighted by Crippen LogP contribution is 2.08. The summed E-state index contributed by atoms with van der Waals surface area (Å²) in [6.45, 7) is 0.253. The van der Waals surface area contributed by atoms with E-state index in [2.05, 4.69) is 31.3 Å². The van der Waals surface area contributed by atoms with Gasteiger partial charge in [-0.3, -0.25) is 4.79 Å². The van der Waals surface area contributed by atoms with Gasteiger partial charge >= 0.3 is 0 Å². The summed E-state index contributed by atoms with van der Waals surface area (Å²) in [7, 11) is 1.82. The zero-order chi connectivity index (χ0) is 12.1. The smallest absolute Gasteiger partial charge is 0.251 e. The molecule has 88 valence electrons. The van der Waals surface area contributed by atoms with E-state index < -0.39 is 0 Å². The summed E-state index contributed by atoms with van der Waals surface area (Å²) in [5, 5.41) is 18.9. The fourth-order valence-corrected chi connectivity index (χ4v) is 1.31. The molecule has 7 heteroatoms. The van der Waals surface area contributed by atoms with E-state index >= 15 is 0 Å². The van der Waals surface area contributed by atoms with Crippen molar-refractivity contribution in [3.8, 4) is 0 Å². The first kappa shape index (κ1) is 11.1. The van der Waals surface area contributed by atoms with Crippen LogP contribution in [0.15, 0.2) is 24.3 Å². The number of nitrogens with zero attached hydrogens (tertiary/aromatic N) is 3. The SMILES string of the molecule is CNc1ccc(C(=O)NCc2nn[nH]n2)cc1. The Morgan fingerprint density at radius 1 is 1.35 bits per heavy atom. The average molecular weight is 232 g/mol. The summed E-state index contributed by atoms with van der Waals surface area (Å²) < 4.78 is 0. The Labute approximate surface area is 97.6 Å². The van der Waals surface area contributed by atoms with E-state index in [0.717, 1.165) is 5.69 Å². The van der Waals surface area contributed by atoms with Crippen LogP contribution in [0.5, 0.6) is 0 Å². The molecule has 1 aromatic carbocycles. The monoisotopic (exact) mass is 232 g/mol. The van der Waals surface area contributed by atoms with Gasteiger partial charge in [0.25, 0.3) is 5.91 Å². The van der Waals surface area contributed by atoms with Crippen LogP contribution in [0, 0.1) is 0 Å².